The lowest BCUT2D eigenvalue weighted by molar-refractivity contribution is 0.554. The van der Waals surface area contributed by atoms with Crippen LogP contribution in [0.25, 0.3) is 0 Å². The molecule has 1 aliphatic heterocycles. The van der Waals surface area contributed by atoms with Crippen LogP contribution in [0.5, 0.6) is 0 Å². The van der Waals surface area contributed by atoms with Gasteiger partial charge in [-0.25, -0.2) is 0 Å². The molecule has 0 spiro atoms. The van der Waals surface area contributed by atoms with Crippen molar-refractivity contribution in [2.75, 3.05) is 24.5 Å². The van der Waals surface area contributed by atoms with Crippen LogP contribution in [0.3, 0.4) is 0 Å². The van der Waals surface area contributed by atoms with Gasteiger partial charge in [0.15, 0.2) is 0 Å². The highest BCUT2D eigenvalue weighted by atomic mass is 15.3. The molecule has 0 amide bonds. The van der Waals surface area contributed by atoms with E-state index in [1.165, 1.54) is 49.2 Å². The zero-order valence-corrected chi connectivity index (χ0v) is 13.5. The fourth-order valence-electron chi connectivity index (χ4n) is 2.99. The van der Waals surface area contributed by atoms with Gasteiger partial charge in [0.25, 0.3) is 0 Å². The third-order valence-electron chi connectivity index (χ3n) is 4.27. The van der Waals surface area contributed by atoms with Gasteiger partial charge in [-0.1, -0.05) is 12.1 Å². The maximum atomic E-state index is 4.29. The minimum Gasteiger partial charge on any atom is -0.372 e. The van der Waals surface area contributed by atoms with E-state index >= 15 is 0 Å². The van der Waals surface area contributed by atoms with E-state index in [4.69, 9.17) is 0 Å². The topological polar surface area (TPSA) is 33.1 Å². The minimum atomic E-state index is 0.916. The van der Waals surface area contributed by atoms with Crippen LogP contribution in [0.4, 0.5) is 5.69 Å². The number of hydrogen-bond acceptors (Lipinski definition) is 3. The lowest BCUT2D eigenvalue weighted by Gasteiger charge is -2.28. The predicted molar refractivity (Wildman–Crippen MR) is 91.2 cm³/mol. The fourth-order valence-corrected chi connectivity index (χ4v) is 2.99. The van der Waals surface area contributed by atoms with Gasteiger partial charge in [0.1, 0.15) is 0 Å². The number of nitrogens with one attached hydrogen (secondary N) is 1. The van der Waals surface area contributed by atoms with Gasteiger partial charge in [0.2, 0.25) is 0 Å². The van der Waals surface area contributed by atoms with Gasteiger partial charge < -0.3 is 10.2 Å². The molecular weight excluding hydrogens is 272 g/mol. The molecular formula is C18H26N4. The highest BCUT2D eigenvalue weighted by Gasteiger charge is 2.10. The Hall–Kier alpha value is -1.81. The van der Waals surface area contributed by atoms with E-state index in [-0.39, 0.29) is 0 Å². The summed E-state index contributed by atoms with van der Waals surface area (Å²) >= 11 is 0. The molecule has 0 bridgehead atoms. The van der Waals surface area contributed by atoms with Gasteiger partial charge in [-0.15, -0.1) is 0 Å². The molecule has 4 heteroatoms. The second-order valence-electron chi connectivity index (χ2n) is 6.17. The lowest BCUT2D eigenvalue weighted by Crippen LogP contribution is -2.29. The number of piperidine rings is 1. The van der Waals surface area contributed by atoms with Crippen LogP contribution in [0.1, 0.15) is 30.4 Å². The summed E-state index contributed by atoms with van der Waals surface area (Å²) < 4.78 is 1.99. The SMILES string of the molecule is Cc1cnn(CCNCc2ccc(N3CCCCC3)cc2)c1. The normalized spacial score (nSPS) is 15.2. The van der Waals surface area contributed by atoms with E-state index in [1.807, 2.05) is 10.9 Å². The van der Waals surface area contributed by atoms with Crippen molar-refractivity contribution in [2.24, 2.45) is 0 Å². The van der Waals surface area contributed by atoms with Crippen LogP contribution in [0, 0.1) is 6.92 Å². The number of nitrogens with zero attached hydrogens (tertiary/aromatic N) is 3. The third-order valence-corrected chi connectivity index (χ3v) is 4.27. The van der Waals surface area contributed by atoms with E-state index in [9.17, 15) is 0 Å². The van der Waals surface area contributed by atoms with Crippen LogP contribution in [0.15, 0.2) is 36.7 Å². The van der Waals surface area contributed by atoms with Gasteiger partial charge in [-0.2, -0.15) is 5.10 Å². The number of anilines is 1. The second kappa shape index (κ2) is 7.45. The smallest absolute Gasteiger partial charge is 0.0534 e. The Morgan fingerprint density at radius 3 is 2.55 bits per heavy atom. The van der Waals surface area contributed by atoms with Gasteiger partial charge in [0.05, 0.1) is 12.7 Å². The Morgan fingerprint density at radius 2 is 1.86 bits per heavy atom. The van der Waals surface area contributed by atoms with Gasteiger partial charge in [0, 0.05) is 38.1 Å². The molecule has 2 aromatic rings. The molecule has 2 heterocycles. The Bertz CT molecular complexity index is 567. The van der Waals surface area contributed by atoms with Gasteiger partial charge in [-0.3, -0.25) is 4.68 Å². The van der Waals surface area contributed by atoms with Gasteiger partial charge >= 0.3 is 0 Å². The number of benzene rings is 1. The highest BCUT2D eigenvalue weighted by molar-refractivity contribution is 5.47. The number of hydrogen-bond donors (Lipinski definition) is 1. The Balaban J connectivity index is 1.42. The summed E-state index contributed by atoms with van der Waals surface area (Å²) in [7, 11) is 0. The first-order valence-electron chi connectivity index (χ1n) is 8.35. The molecule has 4 nitrogen and oxygen atoms in total. The molecule has 1 saturated heterocycles. The van der Waals surface area contributed by atoms with Crippen molar-refractivity contribution in [1.29, 1.82) is 0 Å². The summed E-state index contributed by atoms with van der Waals surface area (Å²) in [6, 6.07) is 9.02. The standard InChI is InChI=1S/C18H26N4/c1-16-13-20-22(15-16)12-9-19-14-17-5-7-18(8-6-17)21-10-3-2-4-11-21/h5-8,13,15,19H,2-4,9-12,14H2,1H3. The first kappa shape index (κ1) is 15.1. The largest absolute Gasteiger partial charge is 0.372 e. The lowest BCUT2D eigenvalue weighted by atomic mass is 10.1. The Kier molecular flexibility index (Phi) is 5.11. The summed E-state index contributed by atoms with van der Waals surface area (Å²) in [6.07, 6.45) is 8.02. The Morgan fingerprint density at radius 1 is 1.09 bits per heavy atom. The van der Waals surface area contributed by atoms with Crippen molar-refractivity contribution in [3.05, 3.63) is 47.8 Å². The van der Waals surface area contributed by atoms with E-state index in [1.54, 1.807) is 0 Å². The van der Waals surface area contributed by atoms with Crippen LogP contribution < -0.4 is 10.2 Å². The average Bonchev–Trinajstić information content (AvgIpc) is 2.98. The molecule has 0 aliphatic carbocycles. The molecule has 0 unspecified atom stereocenters. The molecule has 1 aromatic carbocycles. The molecule has 1 fully saturated rings. The average molecular weight is 298 g/mol. The fraction of sp³-hybridized carbons (Fsp3) is 0.500. The zero-order valence-electron chi connectivity index (χ0n) is 13.5. The first-order chi connectivity index (χ1) is 10.8. The molecule has 0 saturated carbocycles. The van der Waals surface area contributed by atoms with Crippen molar-refractivity contribution in [1.82, 2.24) is 15.1 Å². The number of aryl methyl sites for hydroxylation is 1. The summed E-state index contributed by atoms with van der Waals surface area (Å²) in [5.74, 6) is 0. The molecule has 0 radical (unpaired) electrons. The molecule has 22 heavy (non-hydrogen) atoms. The first-order valence-corrected chi connectivity index (χ1v) is 8.35. The molecule has 1 aliphatic rings. The molecule has 0 atom stereocenters. The van der Waals surface area contributed by atoms with E-state index in [0.29, 0.717) is 0 Å². The summed E-state index contributed by atoms with van der Waals surface area (Å²) in [4.78, 5) is 2.50. The molecule has 118 valence electrons. The zero-order chi connectivity index (χ0) is 15.2. The van der Waals surface area contributed by atoms with Crippen molar-refractivity contribution in [3.8, 4) is 0 Å². The third kappa shape index (κ3) is 4.10. The van der Waals surface area contributed by atoms with Crippen molar-refractivity contribution < 1.29 is 0 Å². The van der Waals surface area contributed by atoms with E-state index in [0.717, 1.165) is 19.6 Å². The van der Waals surface area contributed by atoms with Crippen LogP contribution in [0.2, 0.25) is 0 Å². The summed E-state index contributed by atoms with van der Waals surface area (Å²) in [6.45, 7) is 7.26. The maximum absolute atomic E-state index is 4.29. The number of aromatic nitrogens is 2. The summed E-state index contributed by atoms with van der Waals surface area (Å²) in [5, 5.41) is 7.78. The summed E-state index contributed by atoms with van der Waals surface area (Å²) in [5.41, 5.74) is 3.93. The predicted octanol–water partition coefficient (Wildman–Crippen LogP) is 2.97. The van der Waals surface area contributed by atoms with Gasteiger partial charge in [-0.05, 0) is 49.4 Å². The quantitative estimate of drug-likeness (QED) is 0.832. The number of rotatable bonds is 6. The van der Waals surface area contributed by atoms with Crippen molar-refractivity contribution in [2.45, 2.75) is 39.3 Å². The monoisotopic (exact) mass is 298 g/mol. The molecule has 1 N–H and O–H groups in total. The highest BCUT2D eigenvalue weighted by Crippen LogP contribution is 2.20. The molecule has 3 rings (SSSR count). The van der Waals surface area contributed by atoms with Crippen molar-refractivity contribution in [3.63, 3.8) is 0 Å². The van der Waals surface area contributed by atoms with E-state index in [2.05, 4.69) is 52.7 Å². The van der Waals surface area contributed by atoms with Crippen LogP contribution in [-0.4, -0.2) is 29.4 Å². The van der Waals surface area contributed by atoms with Crippen molar-refractivity contribution >= 4 is 5.69 Å². The van der Waals surface area contributed by atoms with Crippen LogP contribution >= 0.6 is 0 Å². The van der Waals surface area contributed by atoms with Crippen LogP contribution in [-0.2, 0) is 13.1 Å². The second-order valence-corrected chi connectivity index (χ2v) is 6.17. The maximum Gasteiger partial charge on any atom is 0.0534 e. The molecule has 1 aromatic heterocycles. The Labute approximate surface area is 133 Å². The minimum absolute atomic E-state index is 0.916. The van der Waals surface area contributed by atoms with E-state index < -0.39 is 0 Å².